The van der Waals surface area contributed by atoms with Gasteiger partial charge in [-0.1, -0.05) is 6.92 Å². The monoisotopic (exact) mass is 278 g/mol. The summed E-state index contributed by atoms with van der Waals surface area (Å²) in [7, 11) is 1.42. The maximum absolute atomic E-state index is 13.3. The van der Waals surface area contributed by atoms with E-state index in [4.69, 9.17) is 4.74 Å². The van der Waals surface area contributed by atoms with Crippen LogP contribution in [0.4, 0.5) is 14.5 Å². The average Bonchev–Trinajstić information content (AvgIpc) is 2.47. The Morgan fingerprint density at radius 3 is 2.65 bits per heavy atom. The summed E-state index contributed by atoms with van der Waals surface area (Å²) in [5.41, 5.74) is 1.46. The van der Waals surface area contributed by atoms with Crippen LogP contribution in [0.25, 0.3) is 0 Å². The zero-order chi connectivity index (χ0) is 14.5. The molecule has 0 bridgehead atoms. The normalized spacial score (nSPS) is 12.0. The van der Waals surface area contributed by atoms with Crippen LogP contribution in [0.15, 0.2) is 36.5 Å². The second-order valence-electron chi connectivity index (χ2n) is 4.36. The summed E-state index contributed by atoms with van der Waals surface area (Å²) in [4.78, 5) is 4.06. The minimum Gasteiger partial charge on any atom is -0.494 e. The van der Waals surface area contributed by atoms with Crippen molar-refractivity contribution in [1.29, 1.82) is 0 Å². The molecule has 1 unspecified atom stereocenters. The molecule has 20 heavy (non-hydrogen) atoms. The lowest BCUT2D eigenvalue weighted by Gasteiger charge is -2.18. The van der Waals surface area contributed by atoms with Crippen molar-refractivity contribution in [1.82, 2.24) is 4.98 Å². The Morgan fingerprint density at radius 2 is 2.05 bits per heavy atom. The summed E-state index contributed by atoms with van der Waals surface area (Å²) in [6, 6.07) is 7.48. The molecule has 1 aromatic carbocycles. The molecule has 0 aliphatic carbocycles. The van der Waals surface area contributed by atoms with Gasteiger partial charge in [0.05, 0.1) is 25.0 Å². The number of nitrogens with zero attached hydrogens (tertiary/aromatic N) is 1. The van der Waals surface area contributed by atoms with Crippen LogP contribution in [0.2, 0.25) is 0 Å². The Labute approximate surface area is 116 Å². The summed E-state index contributed by atoms with van der Waals surface area (Å²) in [5.74, 6) is -0.602. The Balaban J connectivity index is 2.19. The van der Waals surface area contributed by atoms with E-state index in [0.717, 1.165) is 17.8 Å². The molecule has 2 rings (SSSR count). The molecule has 1 N–H and O–H groups in total. The highest BCUT2D eigenvalue weighted by atomic mass is 19.1. The topological polar surface area (TPSA) is 34.1 Å². The van der Waals surface area contributed by atoms with E-state index in [1.54, 1.807) is 18.2 Å². The van der Waals surface area contributed by atoms with Crippen LogP contribution in [-0.2, 0) is 0 Å². The molecule has 0 aliphatic heterocycles. The largest absolute Gasteiger partial charge is 0.494 e. The number of benzene rings is 1. The third-order valence-electron chi connectivity index (χ3n) is 3.01. The summed E-state index contributed by atoms with van der Waals surface area (Å²) >= 11 is 0. The van der Waals surface area contributed by atoms with Gasteiger partial charge in [0.25, 0.3) is 0 Å². The predicted octanol–water partition coefficient (Wildman–Crippen LogP) is 3.93. The smallest absolute Gasteiger partial charge is 0.165 e. The molecule has 0 amide bonds. The molecular weight excluding hydrogens is 262 g/mol. The standard InChI is InChI=1S/C15H16F2N2O/c1-3-13(14-7-4-10(16)9-18-14)19-11-5-6-12(17)15(8-11)20-2/h4-9,13,19H,3H2,1-2H3. The molecule has 0 fully saturated rings. The number of aromatic nitrogens is 1. The minimum absolute atomic E-state index is 0.0780. The first-order chi connectivity index (χ1) is 9.63. The van der Waals surface area contributed by atoms with Crippen molar-refractivity contribution < 1.29 is 13.5 Å². The van der Waals surface area contributed by atoms with Gasteiger partial charge in [0, 0.05) is 11.8 Å². The maximum Gasteiger partial charge on any atom is 0.165 e. The molecule has 106 valence electrons. The number of halogens is 2. The summed E-state index contributed by atoms with van der Waals surface area (Å²) in [5, 5.41) is 3.23. The van der Waals surface area contributed by atoms with Crippen molar-refractivity contribution in [2.75, 3.05) is 12.4 Å². The molecule has 0 saturated heterocycles. The lowest BCUT2D eigenvalue weighted by Crippen LogP contribution is -2.11. The van der Waals surface area contributed by atoms with E-state index in [1.165, 1.54) is 25.4 Å². The predicted molar refractivity (Wildman–Crippen MR) is 73.8 cm³/mol. The van der Waals surface area contributed by atoms with Crippen molar-refractivity contribution in [2.45, 2.75) is 19.4 Å². The second kappa shape index (κ2) is 6.32. The van der Waals surface area contributed by atoms with Gasteiger partial charge in [-0.2, -0.15) is 0 Å². The molecule has 0 radical (unpaired) electrons. The van der Waals surface area contributed by atoms with E-state index < -0.39 is 5.82 Å². The first-order valence-electron chi connectivity index (χ1n) is 6.35. The van der Waals surface area contributed by atoms with Gasteiger partial charge in [0.1, 0.15) is 5.82 Å². The molecule has 3 nitrogen and oxygen atoms in total. The van der Waals surface area contributed by atoms with Crippen molar-refractivity contribution in [3.63, 3.8) is 0 Å². The Hall–Kier alpha value is -2.17. The zero-order valence-electron chi connectivity index (χ0n) is 11.4. The van der Waals surface area contributed by atoms with Gasteiger partial charge in [-0.15, -0.1) is 0 Å². The molecule has 0 saturated carbocycles. The van der Waals surface area contributed by atoms with Gasteiger partial charge in [0.2, 0.25) is 0 Å². The minimum atomic E-state index is -0.411. The second-order valence-corrected chi connectivity index (χ2v) is 4.36. The number of rotatable bonds is 5. The van der Waals surface area contributed by atoms with Gasteiger partial charge < -0.3 is 10.1 Å². The van der Waals surface area contributed by atoms with E-state index in [9.17, 15) is 8.78 Å². The van der Waals surface area contributed by atoms with Crippen molar-refractivity contribution >= 4 is 5.69 Å². The molecule has 0 aliphatic rings. The first-order valence-corrected chi connectivity index (χ1v) is 6.35. The fraction of sp³-hybridized carbons (Fsp3) is 0.267. The molecule has 1 aromatic heterocycles. The Bertz CT molecular complexity index is 573. The third-order valence-corrected chi connectivity index (χ3v) is 3.01. The van der Waals surface area contributed by atoms with Crippen molar-refractivity contribution in [2.24, 2.45) is 0 Å². The summed E-state index contributed by atoms with van der Waals surface area (Å²) in [6.45, 7) is 1.99. The number of methoxy groups -OCH3 is 1. The quantitative estimate of drug-likeness (QED) is 0.899. The van der Waals surface area contributed by atoms with Gasteiger partial charge in [-0.25, -0.2) is 8.78 Å². The van der Waals surface area contributed by atoms with Crippen LogP contribution < -0.4 is 10.1 Å². The number of pyridine rings is 1. The van der Waals surface area contributed by atoms with Crippen LogP contribution in [0, 0.1) is 11.6 Å². The molecule has 1 heterocycles. The highest BCUT2D eigenvalue weighted by Crippen LogP contribution is 2.26. The highest BCUT2D eigenvalue weighted by molar-refractivity contribution is 5.50. The maximum atomic E-state index is 13.3. The first kappa shape index (κ1) is 14.2. The number of nitrogens with one attached hydrogen (secondary N) is 1. The average molecular weight is 278 g/mol. The van der Waals surface area contributed by atoms with E-state index in [1.807, 2.05) is 6.92 Å². The lowest BCUT2D eigenvalue weighted by atomic mass is 10.1. The van der Waals surface area contributed by atoms with E-state index in [-0.39, 0.29) is 17.6 Å². The van der Waals surface area contributed by atoms with Crippen molar-refractivity contribution in [3.05, 3.63) is 53.9 Å². The van der Waals surface area contributed by atoms with E-state index >= 15 is 0 Å². The van der Waals surface area contributed by atoms with Crippen LogP contribution >= 0.6 is 0 Å². The SMILES string of the molecule is CCC(Nc1ccc(F)c(OC)c1)c1ccc(F)cn1. The molecule has 1 atom stereocenters. The number of anilines is 1. The Kier molecular flexibility index (Phi) is 4.50. The highest BCUT2D eigenvalue weighted by Gasteiger charge is 2.12. The summed E-state index contributed by atoms with van der Waals surface area (Å²) < 4.78 is 31.2. The molecule has 5 heteroatoms. The fourth-order valence-corrected chi connectivity index (χ4v) is 1.93. The number of hydrogen-bond donors (Lipinski definition) is 1. The molecule has 0 spiro atoms. The molecular formula is C15H16F2N2O. The van der Waals surface area contributed by atoms with Crippen LogP contribution in [0.1, 0.15) is 25.1 Å². The van der Waals surface area contributed by atoms with Crippen molar-refractivity contribution in [3.8, 4) is 5.75 Å². The lowest BCUT2D eigenvalue weighted by molar-refractivity contribution is 0.386. The molecule has 2 aromatic rings. The number of ether oxygens (including phenoxy) is 1. The zero-order valence-corrected chi connectivity index (χ0v) is 11.4. The van der Waals surface area contributed by atoms with Crippen LogP contribution in [0.5, 0.6) is 5.75 Å². The third kappa shape index (κ3) is 3.23. The van der Waals surface area contributed by atoms with Crippen LogP contribution in [-0.4, -0.2) is 12.1 Å². The van der Waals surface area contributed by atoms with Gasteiger partial charge >= 0.3 is 0 Å². The van der Waals surface area contributed by atoms with Gasteiger partial charge in [0.15, 0.2) is 11.6 Å². The number of hydrogen-bond acceptors (Lipinski definition) is 3. The van der Waals surface area contributed by atoms with Crippen LogP contribution in [0.3, 0.4) is 0 Å². The van der Waals surface area contributed by atoms with Gasteiger partial charge in [-0.05, 0) is 30.7 Å². The van der Waals surface area contributed by atoms with E-state index in [2.05, 4.69) is 10.3 Å². The fourth-order valence-electron chi connectivity index (χ4n) is 1.93. The van der Waals surface area contributed by atoms with E-state index in [0.29, 0.717) is 0 Å². The Morgan fingerprint density at radius 1 is 1.25 bits per heavy atom. The summed E-state index contributed by atoms with van der Waals surface area (Å²) in [6.07, 6.45) is 1.95. The van der Waals surface area contributed by atoms with Gasteiger partial charge in [-0.3, -0.25) is 4.98 Å².